The van der Waals surface area contributed by atoms with Crippen molar-refractivity contribution in [1.29, 1.82) is 0 Å². The molecule has 2 aliphatic rings. The van der Waals surface area contributed by atoms with E-state index in [1.54, 1.807) is 0 Å². The summed E-state index contributed by atoms with van der Waals surface area (Å²) in [7, 11) is 1.93. The average Bonchev–Trinajstić information content (AvgIpc) is 3.12. The van der Waals surface area contributed by atoms with E-state index < -0.39 is 0 Å². The minimum absolute atomic E-state index is 0.162. The highest BCUT2D eigenvalue weighted by Crippen LogP contribution is 2.34. The maximum absolute atomic E-state index is 12.8. The lowest BCUT2D eigenvalue weighted by molar-refractivity contribution is -0.119. The highest BCUT2D eigenvalue weighted by atomic mass is 16.2. The fraction of sp³-hybridized carbons (Fsp3) is 0.0833. The first-order valence-corrected chi connectivity index (χ1v) is 9.62. The fourth-order valence-corrected chi connectivity index (χ4v) is 3.86. The molecule has 2 amide bonds. The number of hydrogen-bond acceptors (Lipinski definition) is 3. The van der Waals surface area contributed by atoms with E-state index in [0.29, 0.717) is 16.9 Å². The molecule has 2 heterocycles. The molecule has 0 saturated heterocycles. The van der Waals surface area contributed by atoms with Gasteiger partial charge in [-0.3, -0.25) is 9.59 Å². The maximum atomic E-state index is 12.8. The van der Waals surface area contributed by atoms with Crippen molar-refractivity contribution in [2.75, 3.05) is 5.32 Å². The summed E-state index contributed by atoms with van der Waals surface area (Å²) < 4.78 is 1.94. The smallest absolute Gasteiger partial charge is 0.276 e. The van der Waals surface area contributed by atoms with Gasteiger partial charge in [-0.2, -0.15) is 0 Å². The summed E-state index contributed by atoms with van der Waals surface area (Å²) in [5, 5.41) is 11.8. The quantitative estimate of drug-likeness (QED) is 0.688. The number of aryl methyl sites for hydroxylation is 1. The molecule has 2 aromatic carbocycles. The van der Waals surface area contributed by atoms with E-state index in [1.165, 1.54) is 0 Å². The van der Waals surface area contributed by atoms with E-state index in [4.69, 9.17) is 0 Å². The van der Waals surface area contributed by atoms with Gasteiger partial charge in [0.1, 0.15) is 0 Å². The molecule has 1 unspecified atom stereocenters. The zero-order chi connectivity index (χ0) is 20.7. The van der Waals surface area contributed by atoms with Gasteiger partial charge in [-0.25, -0.2) is 0 Å². The third-order valence-electron chi connectivity index (χ3n) is 5.37. The van der Waals surface area contributed by atoms with Gasteiger partial charge >= 0.3 is 0 Å². The largest absolute Gasteiger partial charge is 0.350 e. The summed E-state index contributed by atoms with van der Waals surface area (Å²) in [6.45, 7) is 0. The fourth-order valence-electron chi connectivity index (χ4n) is 3.86. The van der Waals surface area contributed by atoms with Crippen LogP contribution in [0.15, 0.2) is 94.8 Å². The number of aromatic nitrogens is 1. The van der Waals surface area contributed by atoms with Crippen molar-refractivity contribution in [2.24, 2.45) is 23.2 Å². The molecule has 6 nitrogen and oxygen atoms in total. The van der Waals surface area contributed by atoms with Crippen LogP contribution in [0.1, 0.15) is 15.9 Å². The highest BCUT2D eigenvalue weighted by molar-refractivity contribution is 6.13. The molecule has 0 saturated carbocycles. The van der Waals surface area contributed by atoms with Crippen LogP contribution in [0.4, 0.5) is 5.69 Å². The van der Waals surface area contributed by atoms with Gasteiger partial charge in [0, 0.05) is 35.4 Å². The SMILES string of the molecule is Cn1cc(C(=O)Nc2ccc(C3=C4C=CC=CC4C(=O)N=N3)cc2)c2ccccc21. The van der Waals surface area contributed by atoms with Crippen molar-refractivity contribution >= 4 is 34.1 Å². The second kappa shape index (κ2) is 7.08. The van der Waals surface area contributed by atoms with E-state index >= 15 is 0 Å². The Balaban J connectivity index is 1.41. The summed E-state index contributed by atoms with van der Waals surface area (Å²) in [5.74, 6) is -0.800. The van der Waals surface area contributed by atoms with Crippen LogP contribution in [0.25, 0.3) is 16.6 Å². The Labute approximate surface area is 172 Å². The van der Waals surface area contributed by atoms with Crippen molar-refractivity contribution in [3.05, 3.63) is 95.7 Å². The summed E-state index contributed by atoms with van der Waals surface area (Å²) >= 11 is 0. The van der Waals surface area contributed by atoms with Crippen molar-refractivity contribution in [3.8, 4) is 0 Å². The Morgan fingerprint density at radius 3 is 2.67 bits per heavy atom. The second-order valence-corrected chi connectivity index (χ2v) is 7.27. The molecule has 3 aromatic rings. The third-order valence-corrected chi connectivity index (χ3v) is 5.37. The maximum Gasteiger partial charge on any atom is 0.276 e. The number of benzene rings is 2. The molecule has 0 spiro atoms. The van der Waals surface area contributed by atoms with Gasteiger partial charge in [-0.1, -0.05) is 54.6 Å². The monoisotopic (exact) mass is 394 g/mol. The number of azo groups is 1. The number of carbonyl (C=O) groups is 2. The predicted molar refractivity (Wildman–Crippen MR) is 116 cm³/mol. The van der Waals surface area contributed by atoms with Gasteiger partial charge in [-0.15, -0.1) is 10.2 Å². The van der Waals surface area contributed by atoms with Gasteiger partial charge in [0.15, 0.2) is 0 Å². The number of amides is 2. The lowest BCUT2D eigenvalue weighted by Crippen LogP contribution is -2.17. The number of carbonyl (C=O) groups excluding carboxylic acids is 2. The molecular weight excluding hydrogens is 376 g/mol. The van der Waals surface area contributed by atoms with Gasteiger partial charge in [0.2, 0.25) is 0 Å². The van der Waals surface area contributed by atoms with E-state index in [0.717, 1.165) is 22.0 Å². The Hall–Kier alpha value is -4.06. The van der Waals surface area contributed by atoms with Crippen LogP contribution in [0.2, 0.25) is 0 Å². The highest BCUT2D eigenvalue weighted by Gasteiger charge is 2.27. The van der Waals surface area contributed by atoms with Crippen molar-refractivity contribution in [2.45, 2.75) is 0 Å². The summed E-state index contributed by atoms with van der Waals surface area (Å²) in [5.41, 5.74) is 4.67. The van der Waals surface area contributed by atoms with Crippen LogP contribution in [0.3, 0.4) is 0 Å². The molecule has 0 bridgehead atoms. The van der Waals surface area contributed by atoms with Crippen LogP contribution in [0.5, 0.6) is 0 Å². The minimum atomic E-state index is -0.381. The number of rotatable bonds is 3. The van der Waals surface area contributed by atoms with Crippen molar-refractivity contribution in [3.63, 3.8) is 0 Å². The lowest BCUT2D eigenvalue weighted by Gasteiger charge is -2.19. The molecule has 1 aliphatic heterocycles. The molecule has 1 aromatic heterocycles. The first kappa shape index (κ1) is 18.0. The number of allylic oxidation sites excluding steroid dienone is 3. The number of para-hydroxylation sites is 1. The van der Waals surface area contributed by atoms with Crippen molar-refractivity contribution < 1.29 is 9.59 Å². The zero-order valence-corrected chi connectivity index (χ0v) is 16.2. The number of fused-ring (bicyclic) bond motifs is 2. The number of hydrogen-bond donors (Lipinski definition) is 1. The summed E-state index contributed by atoms with van der Waals surface area (Å²) in [4.78, 5) is 24.8. The number of anilines is 1. The van der Waals surface area contributed by atoms with Gasteiger partial charge in [-0.05, 0) is 23.8 Å². The molecular formula is C24H18N4O2. The topological polar surface area (TPSA) is 75.8 Å². The normalized spacial score (nSPS) is 17.5. The Morgan fingerprint density at radius 2 is 1.83 bits per heavy atom. The molecule has 30 heavy (non-hydrogen) atoms. The molecule has 0 fully saturated rings. The minimum Gasteiger partial charge on any atom is -0.350 e. The van der Waals surface area contributed by atoms with Crippen molar-refractivity contribution in [1.82, 2.24) is 4.57 Å². The van der Waals surface area contributed by atoms with E-state index in [9.17, 15) is 9.59 Å². The molecule has 5 rings (SSSR count). The molecule has 6 heteroatoms. The Kier molecular flexibility index (Phi) is 4.25. The van der Waals surface area contributed by atoms with E-state index in [2.05, 4.69) is 15.5 Å². The van der Waals surface area contributed by atoms with Crippen LogP contribution in [-0.4, -0.2) is 16.4 Å². The van der Waals surface area contributed by atoms with Crippen LogP contribution in [0, 0.1) is 5.92 Å². The van der Waals surface area contributed by atoms with Gasteiger partial charge in [0.25, 0.3) is 11.8 Å². The number of nitrogens with one attached hydrogen (secondary N) is 1. The molecule has 1 atom stereocenters. The lowest BCUT2D eigenvalue weighted by atomic mass is 9.89. The summed E-state index contributed by atoms with van der Waals surface area (Å²) in [6, 6.07) is 15.2. The number of nitrogens with zero attached hydrogens (tertiary/aromatic N) is 3. The van der Waals surface area contributed by atoms with E-state index in [-0.39, 0.29) is 17.7 Å². The van der Waals surface area contributed by atoms with Crippen LogP contribution >= 0.6 is 0 Å². The Morgan fingerprint density at radius 1 is 1.03 bits per heavy atom. The first-order chi connectivity index (χ1) is 14.6. The van der Waals surface area contributed by atoms with E-state index in [1.807, 2.05) is 90.6 Å². The molecule has 0 radical (unpaired) electrons. The van der Waals surface area contributed by atoms with Crippen LogP contribution < -0.4 is 5.32 Å². The molecule has 1 aliphatic carbocycles. The van der Waals surface area contributed by atoms with Crippen LogP contribution in [-0.2, 0) is 11.8 Å². The predicted octanol–water partition coefficient (Wildman–Crippen LogP) is 4.88. The van der Waals surface area contributed by atoms with Gasteiger partial charge in [0.05, 0.1) is 17.2 Å². The Bertz CT molecular complexity index is 1310. The second-order valence-electron chi connectivity index (χ2n) is 7.27. The first-order valence-electron chi connectivity index (χ1n) is 9.62. The zero-order valence-electron chi connectivity index (χ0n) is 16.2. The standard InChI is InChI=1S/C24H18N4O2/c1-28-14-20(17-6-4-5-9-21(17)28)23(29)25-16-12-10-15(11-13-16)22-18-7-2-3-8-19(18)24(30)27-26-22/h2-14,19H,1H3,(H,25,29). The van der Waals surface area contributed by atoms with Gasteiger partial charge < -0.3 is 9.88 Å². The molecule has 146 valence electrons. The third kappa shape index (κ3) is 2.99. The molecule has 1 N–H and O–H groups in total. The average molecular weight is 394 g/mol. The summed E-state index contributed by atoms with van der Waals surface area (Å²) in [6.07, 6.45) is 9.29.